The van der Waals surface area contributed by atoms with Crippen molar-refractivity contribution < 1.29 is 19.0 Å². The summed E-state index contributed by atoms with van der Waals surface area (Å²) in [5.41, 5.74) is 1.92. The number of nitrogens with zero attached hydrogens (tertiary/aromatic N) is 1. The molecule has 0 radical (unpaired) electrons. The third-order valence-electron chi connectivity index (χ3n) is 4.84. The molecule has 0 bridgehead atoms. The number of aliphatic hydroxyl groups excluding tert-OH is 1. The lowest BCUT2D eigenvalue weighted by Gasteiger charge is -2.38. The fourth-order valence-corrected chi connectivity index (χ4v) is 3.39. The Hall–Kier alpha value is -2.40. The van der Waals surface area contributed by atoms with E-state index in [0.717, 1.165) is 16.9 Å². The largest absolute Gasteiger partial charge is 0.497 e. The van der Waals surface area contributed by atoms with Gasteiger partial charge in [0.05, 0.1) is 7.11 Å². The van der Waals surface area contributed by atoms with Gasteiger partial charge in [-0.3, -0.25) is 4.79 Å². The molecule has 2 aromatic carbocycles. The molecule has 2 atom stereocenters. The molecular formula is C20H22FNO3. The van der Waals surface area contributed by atoms with Crippen LogP contribution < -0.4 is 4.74 Å². The molecule has 1 heterocycles. The number of hydrogen-bond donors (Lipinski definition) is 1. The van der Waals surface area contributed by atoms with E-state index in [0.29, 0.717) is 19.5 Å². The number of amides is 1. The molecule has 5 heteroatoms. The lowest BCUT2D eigenvalue weighted by atomic mass is 9.80. The number of aliphatic hydroxyl groups is 1. The second-order valence-corrected chi connectivity index (χ2v) is 6.43. The molecule has 0 saturated carbocycles. The van der Waals surface area contributed by atoms with Gasteiger partial charge in [-0.15, -0.1) is 0 Å². The normalized spacial score (nSPS) is 20.6. The average molecular weight is 343 g/mol. The second-order valence-electron chi connectivity index (χ2n) is 6.43. The Balaban J connectivity index is 1.72. The van der Waals surface area contributed by atoms with Crippen molar-refractivity contribution in [2.45, 2.75) is 18.9 Å². The Labute approximate surface area is 146 Å². The Morgan fingerprint density at radius 3 is 2.44 bits per heavy atom. The molecule has 0 aliphatic carbocycles. The minimum absolute atomic E-state index is 0.00552. The van der Waals surface area contributed by atoms with Gasteiger partial charge in [-0.05, 0) is 41.3 Å². The van der Waals surface area contributed by atoms with E-state index < -0.39 is 0 Å². The molecule has 3 rings (SSSR count). The predicted octanol–water partition coefficient (Wildman–Crippen LogP) is 2.96. The minimum Gasteiger partial charge on any atom is -0.497 e. The van der Waals surface area contributed by atoms with Crippen LogP contribution >= 0.6 is 0 Å². The summed E-state index contributed by atoms with van der Waals surface area (Å²) >= 11 is 0. The maximum atomic E-state index is 13.1. The zero-order chi connectivity index (χ0) is 17.8. The Morgan fingerprint density at radius 2 is 1.84 bits per heavy atom. The molecule has 0 aromatic heterocycles. The average Bonchev–Trinajstić information content (AvgIpc) is 2.64. The van der Waals surface area contributed by atoms with Gasteiger partial charge < -0.3 is 14.7 Å². The maximum Gasteiger partial charge on any atom is 0.223 e. The molecule has 25 heavy (non-hydrogen) atoms. The van der Waals surface area contributed by atoms with Crippen LogP contribution in [-0.4, -0.2) is 36.2 Å². The highest BCUT2D eigenvalue weighted by atomic mass is 19.1. The first kappa shape index (κ1) is 17.4. The molecule has 1 aliphatic heterocycles. The van der Waals surface area contributed by atoms with Crippen molar-refractivity contribution in [1.82, 2.24) is 4.90 Å². The fourth-order valence-electron chi connectivity index (χ4n) is 3.39. The molecule has 0 unspecified atom stereocenters. The minimum atomic E-state index is -0.299. The summed E-state index contributed by atoms with van der Waals surface area (Å²) in [7, 11) is 1.62. The molecule has 1 N–H and O–H groups in total. The summed E-state index contributed by atoms with van der Waals surface area (Å²) in [6.45, 7) is 0.993. The van der Waals surface area contributed by atoms with Gasteiger partial charge in [-0.25, -0.2) is 4.39 Å². The van der Waals surface area contributed by atoms with Crippen molar-refractivity contribution in [1.29, 1.82) is 0 Å². The van der Waals surface area contributed by atoms with Gasteiger partial charge in [0, 0.05) is 32.0 Å². The number of ether oxygens (including phenoxy) is 1. The molecule has 0 spiro atoms. The van der Waals surface area contributed by atoms with Crippen LogP contribution in [-0.2, 0) is 11.3 Å². The Morgan fingerprint density at radius 1 is 1.16 bits per heavy atom. The standard InChI is InChI=1S/C20H22FNO3/c1-25-18-8-2-14(3-9-18)11-22-12-16(13-23)19(10-20(22)24)15-4-6-17(21)7-5-15/h2-9,16,19,23H,10-13H2,1H3/t16-,19-/m1/s1. The predicted molar refractivity (Wildman–Crippen MR) is 92.7 cm³/mol. The lowest BCUT2D eigenvalue weighted by Crippen LogP contribution is -2.44. The summed E-state index contributed by atoms with van der Waals surface area (Å²) in [4.78, 5) is 14.4. The zero-order valence-corrected chi connectivity index (χ0v) is 14.2. The summed E-state index contributed by atoms with van der Waals surface area (Å²) < 4.78 is 18.3. The molecule has 1 fully saturated rings. The van der Waals surface area contributed by atoms with Crippen LogP contribution in [0.1, 0.15) is 23.5 Å². The second kappa shape index (κ2) is 7.66. The van der Waals surface area contributed by atoms with Gasteiger partial charge in [-0.1, -0.05) is 24.3 Å². The smallest absolute Gasteiger partial charge is 0.223 e. The number of hydrogen-bond acceptors (Lipinski definition) is 3. The van der Waals surface area contributed by atoms with Crippen LogP contribution in [0.2, 0.25) is 0 Å². The van der Waals surface area contributed by atoms with Gasteiger partial charge >= 0.3 is 0 Å². The molecule has 1 saturated heterocycles. The van der Waals surface area contributed by atoms with Crippen molar-refractivity contribution in [3.05, 3.63) is 65.5 Å². The van der Waals surface area contributed by atoms with Crippen LogP contribution in [0.15, 0.2) is 48.5 Å². The van der Waals surface area contributed by atoms with E-state index in [9.17, 15) is 14.3 Å². The van der Waals surface area contributed by atoms with E-state index in [4.69, 9.17) is 4.74 Å². The number of carbonyl (C=O) groups excluding carboxylic acids is 1. The SMILES string of the molecule is COc1ccc(CN2C[C@H](CO)[C@@H](c3ccc(F)cc3)CC2=O)cc1. The van der Waals surface area contributed by atoms with Crippen molar-refractivity contribution >= 4 is 5.91 Å². The van der Waals surface area contributed by atoms with Crippen LogP contribution in [0.4, 0.5) is 4.39 Å². The first-order valence-electron chi connectivity index (χ1n) is 8.37. The quantitative estimate of drug-likeness (QED) is 0.908. The fraction of sp³-hybridized carbons (Fsp3) is 0.350. The van der Waals surface area contributed by atoms with E-state index >= 15 is 0 Å². The highest BCUT2D eigenvalue weighted by molar-refractivity contribution is 5.78. The van der Waals surface area contributed by atoms with E-state index in [1.807, 2.05) is 24.3 Å². The molecule has 2 aromatic rings. The molecule has 1 aliphatic rings. The van der Waals surface area contributed by atoms with Gasteiger partial charge in [-0.2, -0.15) is 0 Å². The lowest BCUT2D eigenvalue weighted by molar-refractivity contribution is -0.137. The molecule has 132 valence electrons. The van der Waals surface area contributed by atoms with Gasteiger partial charge in [0.2, 0.25) is 5.91 Å². The Bertz CT molecular complexity index is 715. The van der Waals surface area contributed by atoms with Gasteiger partial charge in [0.15, 0.2) is 0 Å². The van der Waals surface area contributed by atoms with E-state index in [-0.39, 0.29) is 30.2 Å². The number of carbonyl (C=O) groups is 1. The van der Waals surface area contributed by atoms with E-state index in [2.05, 4.69) is 0 Å². The highest BCUT2D eigenvalue weighted by Gasteiger charge is 2.34. The zero-order valence-electron chi connectivity index (χ0n) is 14.2. The summed E-state index contributed by atoms with van der Waals surface area (Å²) in [6.07, 6.45) is 0.326. The summed E-state index contributed by atoms with van der Waals surface area (Å²) in [5.74, 6) is 0.396. The van der Waals surface area contributed by atoms with Gasteiger partial charge in [0.25, 0.3) is 0 Å². The number of halogens is 1. The van der Waals surface area contributed by atoms with Crippen LogP contribution in [0, 0.1) is 11.7 Å². The Kier molecular flexibility index (Phi) is 5.34. The van der Waals surface area contributed by atoms with Crippen molar-refractivity contribution in [2.75, 3.05) is 20.3 Å². The first-order valence-corrected chi connectivity index (χ1v) is 8.37. The van der Waals surface area contributed by atoms with Crippen molar-refractivity contribution in [2.24, 2.45) is 5.92 Å². The number of benzene rings is 2. The highest BCUT2D eigenvalue weighted by Crippen LogP contribution is 2.34. The van der Waals surface area contributed by atoms with Crippen molar-refractivity contribution in [3.63, 3.8) is 0 Å². The third kappa shape index (κ3) is 3.99. The van der Waals surface area contributed by atoms with Crippen LogP contribution in [0.5, 0.6) is 5.75 Å². The summed E-state index contributed by atoms with van der Waals surface area (Å²) in [5, 5.41) is 9.79. The maximum absolute atomic E-state index is 13.1. The third-order valence-corrected chi connectivity index (χ3v) is 4.84. The van der Waals surface area contributed by atoms with Crippen LogP contribution in [0.3, 0.4) is 0 Å². The topological polar surface area (TPSA) is 49.8 Å². The number of likely N-dealkylation sites (tertiary alicyclic amines) is 1. The van der Waals surface area contributed by atoms with E-state index in [1.165, 1.54) is 12.1 Å². The summed E-state index contributed by atoms with van der Waals surface area (Å²) in [6, 6.07) is 13.8. The van der Waals surface area contributed by atoms with E-state index in [1.54, 1.807) is 24.1 Å². The number of piperidine rings is 1. The molecule has 4 nitrogen and oxygen atoms in total. The monoisotopic (exact) mass is 343 g/mol. The van der Waals surface area contributed by atoms with Gasteiger partial charge in [0.1, 0.15) is 11.6 Å². The van der Waals surface area contributed by atoms with Crippen molar-refractivity contribution in [3.8, 4) is 5.75 Å². The molecule has 1 amide bonds. The first-order chi connectivity index (χ1) is 12.1. The molecular weight excluding hydrogens is 321 g/mol. The number of rotatable bonds is 5. The number of methoxy groups -OCH3 is 1. The van der Waals surface area contributed by atoms with Crippen LogP contribution in [0.25, 0.3) is 0 Å².